The fourth-order valence-electron chi connectivity index (χ4n) is 3.31. The smallest absolute Gasteiger partial charge is 0.283 e. The normalized spacial score (nSPS) is 14.1. The predicted octanol–water partition coefficient (Wildman–Crippen LogP) is 6.94. The van der Waals surface area contributed by atoms with Gasteiger partial charge in [-0.25, -0.2) is 4.99 Å². The van der Waals surface area contributed by atoms with Gasteiger partial charge in [0.15, 0.2) is 5.17 Å². The van der Waals surface area contributed by atoms with Crippen LogP contribution in [0.15, 0.2) is 71.4 Å². The van der Waals surface area contributed by atoms with E-state index in [9.17, 15) is 14.9 Å². The van der Waals surface area contributed by atoms with Gasteiger partial charge in [0.1, 0.15) is 11.8 Å². The molecule has 3 aromatic carbocycles. The maximum Gasteiger partial charge on any atom is 0.283 e. The molecule has 0 saturated heterocycles. The highest BCUT2D eigenvalue weighted by Gasteiger charge is 2.32. The second-order valence-corrected chi connectivity index (χ2v) is 9.91. The number of thioether (sulfide) groups is 1. The first kappa shape index (κ1) is 25.8. The van der Waals surface area contributed by atoms with E-state index in [4.69, 9.17) is 34.8 Å². The molecule has 0 spiro atoms. The number of hydrogen-bond donors (Lipinski definition) is 1. The van der Waals surface area contributed by atoms with E-state index in [0.29, 0.717) is 42.7 Å². The highest BCUT2D eigenvalue weighted by Crippen LogP contribution is 2.31. The van der Waals surface area contributed by atoms with Gasteiger partial charge in [-0.3, -0.25) is 14.5 Å². The summed E-state index contributed by atoms with van der Waals surface area (Å²) in [5.41, 5.74) is 3.12. The molecule has 0 aromatic heterocycles. The molecule has 0 atom stereocenters. The van der Waals surface area contributed by atoms with Crippen molar-refractivity contribution in [3.8, 4) is 6.07 Å². The Morgan fingerprint density at radius 1 is 1.08 bits per heavy atom. The predicted molar refractivity (Wildman–Crippen MR) is 148 cm³/mol. The Labute approximate surface area is 227 Å². The van der Waals surface area contributed by atoms with Gasteiger partial charge in [-0.2, -0.15) is 5.26 Å². The van der Waals surface area contributed by atoms with Gasteiger partial charge in [0.2, 0.25) is 5.91 Å². The van der Waals surface area contributed by atoms with Crippen LogP contribution in [0.3, 0.4) is 0 Å². The average Bonchev–Trinajstić information content (AvgIpc) is 3.15. The number of carbonyl (C=O) groups excluding carboxylic acids is 2. The summed E-state index contributed by atoms with van der Waals surface area (Å²) in [4.78, 5) is 32.0. The lowest BCUT2D eigenvalue weighted by molar-refractivity contribution is -0.114. The number of nitriles is 1. The lowest BCUT2D eigenvalue weighted by Gasteiger charge is -2.18. The summed E-state index contributed by atoms with van der Waals surface area (Å²) in [5, 5.41) is 13.5. The minimum atomic E-state index is -0.375. The molecular weight excluding hydrogens is 539 g/mol. The summed E-state index contributed by atoms with van der Waals surface area (Å²) in [6, 6.07) is 19.1. The topological polar surface area (TPSA) is 85.6 Å². The summed E-state index contributed by atoms with van der Waals surface area (Å²) in [6.07, 6.45) is 1.62. The van der Waals surface area contributed by atoms with E-state index in [-0.39, 0.29) is 23.3 Å². The Kier molecular flexibility index (Phi) is 8.02. The molecule has 1 aliphatic heterocycles. The molecule has 0 radical (unpaired) electrons. The third-order valence-electron chi connectivity index (χ3n) is 5.08. The molecule has 2 amide bonds. The monoisotopic (exact) mass is 554 g/mol. The van der Waals surface area contributed by atoms with Crippen molar-refractivity contribution in [1.82, 2.24) is 0 Å². The number of aliphatic imine (C=N–C) groups is 1. The minimum absolute atomic E-state index is 0.0497. The standard InChI is InChI=1S/C26H17Cl3N4O2S/c1-15-2-7-19(8-3-15)33-25(35)23(11-16-4-9-20(28)21(29)10-16)32-26(33)36-14-24(34)31-22-12-18(27)6-5-17(22)13-30/h2-12H,14H2,1H3,(H,31,34). The zero-order valence-electron chi connectivity index (χ0n) is 18.8. The van der Waals surface area contributed by atoms with Crippen molar-refractivity contribution in [2.24, 2.45) is 4.99 Å². The molecule has 0 unspecified atom stereocenters. The van der Waals surface area contributed by atoms with Crippen molar-refractivity contribution in [1.29, 1.82) is 5.26 Å². The van der Waals surface area contributed by atoms with Crippen LogP contribution >= 0.6 is 46.6 Å². The summed E-state index contributed by atoms with van der Waals surface area (Å²) >= 11 is 19.2. The summed E-state index contributed by atoms with van der Waals surface area (Å²) < 4.78 is 0. The Morgan fingerprint density at radius 3 is 2.53 bits per heavy atom. The van der Waals surface area contributed by atoms with Crippen molar-refractivity contribution >= 4 is 81.0 Å². The van der Waals surface area contributed by atoms with E-state index in [0.717, 1.165) is 17.3 Å². The minimum Gasteiger partial charge on any atom is -0.324 e. The Morgan fingerprint density at radius 2 is 1.83 bits per heavy atom. The molecule has 6 nitrogen and oxygen atoms in total. The first-order valence-electron chi connectivity index (χ1n) is 10.5. The molecule has 180 valence electrons. The first-order chi connectivity index (χ1) is 17.2. The highest BCUT2D eigenvalue weighted by atomic mass is 35.5. The molecule has 1 heterocycles. The molecule has 4 rings (SSSR count). The summed E-state index contributed by atoms with van der Waals surface area (Å²) in [6.45, 7) is 1.95. The van der Waals surface area contributed by atoms with Crippen LogP contribution in [0.2, 0.25) is 15.1 Å². The van der Waals surface area contributed by atoms with Gasteiger partial charge in [-0.1, -0.05) is 70.3 Å². The molecule has 0 aliphatic carbocycles. The number of nitrogens with zero attached hydrogens (tertiary/aromatic N) is 3. The fourth-order valence-corrected chi connectivity index (χ4v) is 4.60. The third-order valence-corrected chi connectivity index (χ3v) is 6.99. The quantitative estimate of drug-likeness (QED) is 0.346. The molecule has 1 N–H and O–H groups in total. The molecule has 0 saturated carbocycles. The molecular formula is C26H17Cl3N4O2S. The maximum atomic E-state index is 13.3. The molecule has 1 aliphatic rings. The number of nitrogens with one attached hydrogen (secondary N) is 1. The second-order valence-electron chi connectivity index (χ2n) is 7.71. The first-order valence-corrected chi connectivity index (χ1v) is 12.7. The van der Waals surface area contributed by atoms with Gasteiger partial charge < -0.3 is 5.32 Å². The molecule has 3 aromatic rings. The van der Waals surface area contributed by atoms with Crippen LogP contribution in [-0.2, 0) is 9.59 Å². The Bertz CT molecular complexity index is 1460. The van der Waals surface area contributed by atoms with Crippen molar-refractivity contribution in [2.75, 3.05) is 16.0 Å². The van der Waals surface area contributed by atoms with Gasteiger partial charge in [-0.05, 0) is 61.0 Å². The zero-order chi connectivity index (χ0) is 25.8. The van der Waals surface area contributed by atoms with Crippen LogP contribution in [-0.4, -0.2) is 22.7 Å². The highest BCUT2D eigenvalue weighted by molar-refractivity contribution is 8.14. The number of amidine groups is 1. The number of benzene rings is 3. The number of hydrogen-bond acceptors (Lipinski definition) is 5. The third kappa shape index (κ3) is 5.92. The van der Waals surface area contributed by atoms with E-state index >= 15 is 0 Å². The second kappa shape index (κ2) is 11.2. The number of carbonyl (C=O) groups is 2. The van der Waals surface area contributed by atoms with E-state index in [1.54, 1.807) is 30.3 Å². The lowest BCUT2D eigenvalue weighted by atomic mass is 10.2. The molecule has 0 fully saturated rings. The number of anilines is 2. The Hall–Kier alpha value is -3.28. The van der Waals surface area contributed by atoms with Crippen LogP contribution in [0, 0.1) is 18.3 Å². The van der Waals surface area contributed by atoms with Gasteiger partial charge >= 0.3 is 0 Å². The van der Waals surface area contributed by atoms with Crippen molar-refractivity contribution in [2.45, 2.75) is 6.92 Å². The summed E-state index contributed by atoms with van der Waals surface area (Å²) in [5.74, 6) is -0.763. The molecule has 36 heavy (non-hydrogen) atoms. The average molecular weight is 556 g/mol. The van der Waals surface area contributed by atoms with Gasteiger partial charge in [-0.15, -0.1) is 0 Å². The summed E-state index contributed by atoms with van der Waals surface area (Å²) in [7, 11) is 0. The van der Waals surface area contributed by atoms with Crippen LogP contribution in [0.5, 0.6) is 0 Å². The fraction of sp³-hybridized carbons (Fsp3) is 0.0769. The lowest BCUT2D eigenvalue weighted by Crippen LogP contribution is -2.31. The molecule has 0 bridgehead atoms. The number of halogens is 3. The van der Waals surface area contributed by atoms with Crippen LogP contribution in [0.25, 0.3) is 6.08 Å². The zero-order valence-corrected chi connectivity index (χ0v) is 21.8. The van der Waals surface area contributed by atoms with E-state index in [1.165, 1.54) is 17.0 Å². The van der Waals surface area contributed by atoms with E-state index in [1.807, 2.05) is 37.3 Å². The van der Waals surface area contributed by atoms with Crippen molar-refractivity contribution in [3.05, 3.63) is 98.1 Å². The van der Waals surface area contributed by atoms with Crippen LogP contribution < -0.4 is 10.2 Å². The maximum absolute atomic E-state index is 13.3. The van der Waals surface area contributed by atoms with Gasteiger partial charge in [0.05, 0.1) is 32.7 Å². The van der Waals surface area contributed by atoms with E-state index < -0.39 is 0 Å². The van der Waals surface area contributed by atoms with Crippen LogP contribution in [0.1, 0.15) is 16.7 Å². The number of amides is 2. The van der Waals surface area contributed by atoms with Gasteiger partial charge in [0, 0.05) is 5.02 Å². The number of rotatable bonds is 5. The van der Waals surface area contributed by atoms with Crippen LogP contribution in [0.4, 0.5) is 11.4 Å². The SMILES string of the molecule is Cc1ccc(N2C(=O)C(=Cc3ccc(Cl)c(Cl)c3)N=C2SCC(=O)Nc2cc(Cl)ccc2C#N)cc1. The van der Waals surface area contributed by atoms with Crippen molar-refractivity contribution < 1.29 is 9.59 Å². The molecule has 10 heteroatoms. The van der Waals surface area contributed by atoms with Crippen molar-refractivity contribution in [3.63, 3.8) is 0 Å². The number of aryl methyl sites for hydroxylation is 1. The Balaban J connectivity index is 1.59. The van der Waals surface area contributed by atoms with E-state index in [2.05, 4.69) is 10.3 Å². The largest absolute Gasteiger partial charge is 0.324 e. The van der Waals surface area contributed by atoms with Gasteiger partial charge in [0.25, 0.3) is 5.91 Å².